The number of hydrogen-bond acceptors (Lipinski definition) is 6. The molecule has 154 valence electrons. The summed E-state index contributed by atoms with van der Waals surface area (Å²) in [6.45, 7) is 3.75. The van der Waals surface area contributed by atoms with Gasteiger partial charge in [-0.3, -0.25) is 4.90 Å². The van der Waals surface area contributed by atoms with Crippen LogP contribution >= 0.6 is 24.0 Å². The molecule has 0 saturated carbocycles. The number of piperidine rings is 1. The van der Waals surface area contributed by atoms with Gasteiger partial charge >= 0.3 is 0 Å². The van der Waals surface area contributed by atoms with Gasteiger partial charge in [-0.2, -0.15) is 4.98 Å². The fraction of sp³-hybridized carbons (Fsp3) is 0.333. The minimum Gasteiger partial charge on any atom is -0.492 e. The highest BCUT2D eigenvalue weighted by molar-refractivity contribution is 6.30. The molecule has 3 aromatic rings. The van der Waals surface area contributed by atoms with E-state index in [4.69, 9.17) is 27.8 Å². The van der Waals surface area contributed by atoms with E-state index in [9.17, 15) is 0 Å². The number of hydrogen-bond donors (Lipinski definition) is 2. The second-order valence-electron chi connectivity index (χ2n) is 7.27. The molecule has 0 aliphatic carbocycles. The quantitative estimate of drug-likeness (QED) is 0.627. The van der Waals surface area contributed by atoms with E-state index in [0.717, 1.165) is 48.6 Å². The van der Waals surface area contributed by atoms with Crippen LogP contribution in [0.3, 0.4) is 0 Å². The van der Waals surface area contributed by atoms with Gasteiger partial charge in [-0.1, -0.05) is 29.8 Å². The van der Waals surface area contributed by atoms with E-state index < -0.39 is 0 Å². The molecule has 2 aromatic carbocycles. The maximum atomic E-state index is 6.11. The van der Waals surface area contributed by atoms with Crippen molar-refractivity contribution in [2.45, 2.75) is 19.4 Å². The fourth-order valence-electron chi connectivity index (χ4n) is 3.69. The van der Waals surface area contributed by atoms with Crippen molar-refractivity contribution in [3.05, 3.63) is 53.1 Å². The Morgan fingerprint density at radius 3 is 2.48 bits per heavy atom. The van der Waals surface area contributed by atoms with Crippen LogP contribution in [0.4, 0.5) is 11.8 Å². The summed E-state index contributed by atoms with van der Waals surface area (Å²) >= 11 is 5.96. The molecule has 0 amide bonds. The van der Waals surface area contributed by atoms with Crippen LogP contribution in [0, 0.1) is 5.92 Å². The van der Waals surface area contributed by atoms with Gasteiger partial charge in [0.2, 0.25) is 5.95 Å². The summed E-state index contributed by atoms with van der Waals surface area (Å²) < 4.78 is 6.11. The molecule has 2 heterocycles. The number of aromatic nitrogens is 2. The van der Waals surface area contributed by atoms with Gasteiger partial charge in [0.15, 0.2) is 0 Å². The first-order valence-corrected chi connectivity index (χ1v) is 9.87. The second-order valence-corrected chi connectivity index (χ2v) is 7.71. The number of nitrogen functional groups attached to an aromatic ring is 2. The van der Waals surface area contributed by atoms with Crippen LogP contribution in [0.2, 0.25) is 5.02 Å². The highest BCUT2D eigenvalue weighted by atomic mass is 35.5. The van der Waals surface area contributed by atoms with E-state index in [2.05, 4.69) is 27.0 Å². The SMILES string of the molecule is Cl.Nc1nc(N)c2c(OCC3CCN(Cc4ccc(Cl)cc4)CC3)cccc2n1. The average Bonchev–Trinajstić information content (AvgIpc) is 2.69. The lowest BCUT2D eigenvalue weighted by molar-refractivity contribution is 0.137. The third kappa shape index (κ3) is 5.21. The zero-order valence-corrected chi connectivity index (χ0v) is 17.6. The summed E-state index contributed by atoms with van der Waals surface area (Å²) in [5.74, 6) is 1.78. The molecule has 1 aromatic heterocycles. The summed E-state index contributed by atoms with van der Waals surface area (Å²) in [6, 6.07) is 13.8. The van der Waals surface area contributed by atoms with Gasteiger partial charge < -0.3 is 16.2 Å². The molecule has 4 rings (SSSR count). The Balaban J connectivity index is 0.00000240. The van der Waals surface area contributed by atoms with Crippen LogP contribution in [0.1, 0.15) is 18.4 Å². The van der Waals surface area contributed by atoms with Crippen molar-refractivity contribution in [3.63, 3.8) is 0 Å². The molecular weight excluding hydrogens is 409 g/mol. The van der Waals surface area contributed by atoms with Crippen LogP contribution < -0.4 is 16.2 Å². The average molecular weight is 434 g/mol. The molecule has 29 heavy (non-hydrogen) atoms. The normalized spacial score (nSPS) is 15.2. The van der Waals surface area contributed by atoms with Crippen LogP contribution in [-0.4, -0.2) is 34.6 Å². The van der Waals surface area contributed by atoms with Gasteiger partial charge in [0.05, 0.1) is 17.5 Å². The Labute approximate surface area is 181 Å². The largest absolute Gasteiger partial charge is 0.492 e. The predicted molar refractivity (Wildman–Crippen MR) is 121 cm³/mol. The molecule has 6 nitrogen and oxygen atoms in total. The minimum atomic E-state index is 0. The summed E-state index contributed by atoms with van der Waals surface area (Å²) in [7, 11) is 0. The van der Waals surface area contributed by atoms with Crippen LogP contribution in [0.25, 0.3) is 10.9 Å². The molecule has 0 bridgehead atoms. The Morgan fingerprint density at radius 1 is 1.03 bits per heavy atom. The van der Waals surface area contributed by atoms with Gasteiger partial charge in [-0.05, 0) is 61.7 Å². The van der Waals surface area contributed by atoms with Crippen molar-refractivity contribution < 1.29 is 4.74 Å². The van der Waals surface area contributed by atoms with Gasteiger partial charge in [0, 0.05) is 11.6 Å². The summed E-state index contributed by atoms with van der Waals surface area (Å²) in [5, 5.41) is 1.51. The Morgan fingerprint density at radius 2 is 1.76 bits per heavy atom. The number of fused-ring (bicyclic) bond motifs is 1. The number of anilines is 2. The predicted octanol–water partition coefficient (Wildman–Crippen LogP) is 4.16. The lowest BCUT2D eigenvalue weighted by Gasteiger charge is -2.32. The van der Waals surface area contributed by atoms with Crippen molar-refractivity contribution >= 4 is 46.7 Å². The summed E-state index contributed by atoms with van der Waals surface area (Å²) in [4.78, 5) is 10.8. The minimum absolute atomic E-state index is 0. The van der Waals surface area contributed by atoms with E-state index in [-0.39, 0.29) is 18.4 Å². The Hall–Kier alpha value is -2.28. The molecule has 1 aliphatic heterocycles. The second kappa shape index (κ2) is 9.48. The van der Waals surface area contributed by atoms with E-state index in [0.29, 0.717) is 23.9 Å². The fourth-order valence-corrected chi connectivity index (χ4v) is 3.81. The maximum Gasteiger partial charge on any atom is 0.222 e. The molecule has 1 saturated heterocycles. The zero-order valence-electron chi connectivity index (χ0n) is 16.1. The molecule has 4 N–H and O–H groups in total. The zero-order chi connectivity index (χ0) is 19.5. The Bertz CT molecular complexity index is 959. The number of benzene rings is 2. The Kier molecular flexibility index (Phi) is 7.00. The molecule has 0 radical (unpaired) electrons. The number of rotatable bonds is 5. The van der Waals surface area contributed by atoms with E-state index in [1.54, 1.807) is 0 Å². The number of halogens is 2. The number of ether oxygens (including phenoxy) is 1. The van der Waals surface area contributed by atoms with Crippen molar-refractivity contribution in [2.75, 3.05) is 31.2 Å². The monoisotopic (exact) mass is 433 g/mol. The van der Waals surface area contributed by atoms with E-state index in [1.807, 2.05) is 30.3 Å². The third-order valence-electron chi connectivity index (χ3n) is 5.23. The molecule has 1 fully saturated rings. The highest BCUT2D eigenvalue weighted by Gasteiger charge is 2.20. The molecule has 8 heteroatoms. The van der Waals surface area contributed by atoms with Crippen LogP contribution in [-0.2, 0) is 6.54 Å². The van der Waals surface area contributed by atoms with Crippen LogP contribution in [0.15, 0.2) is 42.5 Å². The summed E-state index contributed by atoms with van der Waals surface area (Å²) in [6.07, 6.45) is 2.22. The molecule has 0 unspecified atom stereocenters. The van der Waals surface area contributed by atoms with Gasteiger partial charge in [0.25, 0.3) is 0 Å². The first-order valence-electron chi connectivity index (χ1n) is 9.50. The first-order chi connectivity index (χ1) is 13.6. The van der Waals surface area contributed by atoms with Crippen LogP contribution in [0.5, 0.6) is 5.75 Å². The van der Waals surface area contributed by atoms with Gasteiger partial charge in [-0.25, -0.2) is 4.98 Å². The first kappa shape index (κ1) is 21.4. The number of likely N-dealkylation sites (tertiary alicyclic amines) is 1. The molecule has 0 atom stereocenters. The van der Waals surface area contributed by atoms with E-state index in [1.165, 1.54) is 5.56 Å². The highest BCUT2D eigenvalue weighted by Crippen LogP contribution is 2.30. The lowest BCUT2D eigenvalue weighted by Crippen LogP contribution is -2.35. The lowest BCUT2D eigenvalue weighted by atomic mass is 9.97. The van der Waals surface area contributed by atoms with Crippen molar-refractivity contribution in [2.24, 2.45) is 5.92 Å². The summed E-state index contributed by atoms with van der Waals surface area (Å²) in [5.41, 5.74) is 13.7. The van der Waals surface area contributed by atoms with Gasteiger partial charge in [0.1, 0.15) is 11.6 Å². The van der Waals surface area contributed by atoms with Crippen molar-refractivity contribution in [3.8, 4) is 5.75 Å². The number of nitrogens with zero attached hydrogens (tertiary/aromatic N) is 3. The topological polar surface area (TPSA) is 90.3 Å². The van der Waals surface area contributed by atoms with Crippen molar-refractivity contribution in [1.82, 2.24) is 14.9 Å². The molecule has 1 aliphatic rings. The maximum absolute atomic E-state index is 6.11. The molecular formula is C21H25Cl2N5O. The van der Waals surface area contributed by atoms with Gasteiger partial charge in [-0.15, -0.1) is 12.4 Å². The number of nitrogens with two attached hydrogens (primary N) is 2. The third-order valence-corrected chi connectivity index (χ3v) is 5.48. The smallest absolute Gasteiger partial charge is 0.222 e. The van der Waals surface area contributed by atoms with E-state index >= 15 is 0 Å². The molecule has 0 spiro atoms. The van der Waals surface area contributed by atoms with Crippen molar-refractivity contribution in [1.29, 1.82) is 0 Å². The standard InChI is InChI=1S/C21H24ClN5O.ClH/c22-16-6-4-14(5-7-16)12-27-10-8-15(9-11-27)13-28-18-3-1-2-17-19(18)20(23)26-21(24)25-17;/h1-7,15H,8-13H2,(H4,23,24,25,26);1H.